The first-order valence-corrected chi connectivity index (χ1v) is 4.08. The fraction of sp³-hybridized carbons (Fsp3) is 1.00. The summed E-state index contributed by atoms with van der Waals surface area (Å²) < 4.78 is 0. The molecule has 4 unspecified atom stereocenters. The first-order chi connectivity index (χ1) is 4.55. The summed E-state index contributed by atoms with van der Waals surface area (Å²) in [6, 6.07) is 2.35. The van der Waals surface area contributed by atoms with Gasteiger partial charge in [-0.3, -0.25) is 4.90 Å². The smallest absolute Gasteiger partial charge is 0.0227 e. The molecule has 1 heterocycles. The van der Waals surface area contributed by atoms with E-state index in [4.69, 9.17) is 5.73 Å². The van der Waals surface area contributed by atoms with Gasteiger partial charge >= 0.3 is 0 Å². The maximum absolute atomic E-state index is 5.76. The quantitative estimate of drug-likeness (QED) is 0.578. The molecule has 60 valence electrons. The van der Waals surface area contributed by atoms with E-state index in [2.05, 4.69) is 32.6 Å². The number of hydrogen-bond donors (Lipinski definition) is 1. The first kappa shape index (κ1) is 8.02. The average molecular weight is 142 g/mol. The third-order valence-electron chi connectivity index (χ3n) is 2.78. The molecule has 0 saturated carbocycles. The summed E-state index contributed by atoms with van der Waals surface area (Å²) in [5, 5.41) is 0. The highest BCUT2D eigenvalue weighted by molar-refractivity contribution is 5.00. The highest BCUT2D eigenvalue weighted by Crippen LogP contribution is 2.30. The van der Waals surface area contributed by atoms with E-state index in [0.29, 0.717) is 12.1 Å². The summed E-state index contributed by atoms with van der Waals surface area (Å²) >= 11 is 0. The second-order valence-corrected chi connectivity index (χ2v) is 3.53. The Labute approximate surface area is 63.4 Å². The van der Waals surface area contributed by atoms with Gasteiger partial charge in [-0.2, -0.15) is 0 Å². The Kier molecular flexibility index (Phi) is 2.02. The molecule has 0 aromatic carbocycles. The summed E-state index contributed by atoms with van der Waals surface area (Å²) in [5.74, 6) is 0. The Morgan fingerprint density at radius 3 is 1.70 bits per heavy atom. The molecule has 0 bridgehead atoms. The van der Waals surface area contributed by atoms with Gasteiger partial charge in [0.05, 0.1) is 0 Å². The highest BCUT2D eigenvalue weighted by Gasteiger charge is 2.43. The van der Waals surface area contributed by atoms with Gasteiger partial charge in [0.1, 0.15) is 0 Å². The van der Waals surface area contributed by atoms with Crippen LogP contribution in [0, 0.1) is 0 Å². The highest BCUT2D eigenvalue weighted by atomic mass is 15.4. The fourth-order valence-electron chi connectivity index (χ4n) is 1.55. The number of nitrogens with zero attached hydrogens (tertiary/aromatic N) is 1. The van der Waals surface area contributed by atoms with Gasteiger partial charge in [0.15, 0.2) is 0 Å². The van der Waals surface area contributed by atoms with Crippen molar-refractivity contribution < 1.29 is 0 Å². The van der Waals surface area contributed by atoms with Crippen LogP contribution in [-0.4, -0.2) is 29.1 Å². The molecule has 0 aromatic heterocycles. The summed E-state index contributed by atoms with van der Waals surface area (Å²) in [7, 11) is 0. The second-order valence-electron chi connectivity index (χ2n) is 3.53. The van der Waals surface area contributed by atoms with Crippen LogP contribution in [0.25, 0.3) is 0 Å². The summed E-state index contributed by atoms with van der Waals surface area (Å²) in [4.78, 5) is 2.45. The SMILES string of the molecule is CC(N)C(C)N1C(C)C1C. The van der Waals surface area contributed by atoms with Gasteiger partial charge in [-0.15, -0.1) is 0 Å². The van der Waals surface area contributed by atoms with E-state index < -0.39 is 0 Å². The molecular formula is C8H18N2. The molecule has 0 aliphatic carbocycles. The maximum Gasteiger partial charge on any atom is 0.0227 e. The maximum atomic E-state index is 5.76. The Morgan fingerprint density at radius 2 is 1.60 bits per heavy atom. The Balaban J connectivity index is 2.38. The van der Waals surface area contributed by atoms with E-state index in [9.17, 15) is 0 Å². The lowest BCUT2D eigenvalue weighted by Gasteiger charge is -2.17. The zero-order valence-corrected chi connectivity index (χ0v) is 7.33. The van der Waals surface area contributed by atoms with Crippen LogP contribution < -0.4 is 5.73 Å². The predicted octanol–water partition coefficient (Wildman–Crippen LogP) is 0.815. The minimum atomic E-state index is 0.299. The summed E-state index contributed by atoms with van der Waals surface area (Å²) in [6.45, 7) is 8.78. The Bertz CT molecular complexity index is 108. The van der Waals surface area contributed by atoms with Gasteiger partial charge in [-0.25, -0.2) is 0 Å². The lowest BCUT2D eigenvalue weighted by atomic mass is 10.2. The number of nitrogens with two attached hydrogens (primary N) is 1. The zero-order chi connectivity index (χ0) is 7.89. The largest absolute Gasteiger partial charge is 0.327 e. The van der Waals surface area contributed by atoms with E-state index >= 15 is 0 Å². The molecule has 0 amide bonds. The van der Waals surface area contributed by atoms with E-state index in [1.807, 2.05) is 0 Å². The molecule has 1 fully saturated rings. The molecule has 4 atom stereocenters. The minimum absolute atomic E-state index is 0.299. The summed E-state index contributed by atoms with van der Waals surface area (Å²) in [6.07, 6.45) is 0. The van der Waals surface area contributed by atoms with Crippen molar-refractivity contribution in [3.63, 3.8) is 0 Å². The normalized spacial score (nSPS) is 44.7. The van der Waals surface area contributed by atoms with Crippen molar-refractivity contribution in [1.82, 2.24) is 4.90 Å². The van der Waals surface area contributed by atoms with Crippen LogP contribution in [0.5, 0.6) is 0 Å². The van der Waals surface area contributed by atoms with Crippen molar-refractivity contribution in [3.05, 3.63) is 0 Å². The van der Waals surface area contributed by atoms with E-state index in [1.54, 1.807) is 0 Å². The lowest BCUT2D eigenvalue weighted by molar-refractivity contribution is 0.339. The third kappa shape index (κ3) is 1.18. The minimum Gasteiger partial charge on any atom is -0.327 e. The molecule has 2 nitrogen and oxygen atoms in total. The van der Waals surface area contributed by atoms with Crippen molar-refractivity contribution in [3.8, 4) is 0 Å². The molecule has 1 aliphatic heterocycles. The number of rotatable bonds is 2. The van der Waals surface area contributed by atoms with E-state index in [1.165, 1.54) is 0 Å². The summed E-state index contributed by atoms with van der Waals surface area (Å²) in [5.41, 5.74) is 5.76. The van der Waals surface area contributed by atoms with Crippen molar-refractivity contribution >= 4 is 0 Å². The number of hydrogen-bond acceptors (Lipinski definition) is 2. The molecule has 1 rings (SSSR count). The van der Waals surface area contributed by atoms with Crippen LogP contribution in [0.3, 0.4) is 0 Å². The standard InChI is InChI=1S/C8H18N2/c1-5(9)6(2)10-7(3)8(10)4/h5-8H,9H2,1-4H3. The monoisotopic (exact) mass is 142 g/mol. The third-order valence-corrected chi connectivity index (χ3v) is 2.78. The molecule has 10 heavy (non-hydrogen) atoms. The Hall–Kier alpha value is -0.0800. The van der Waals surface area contributed by atoms with Crippen LogP contribution in [0.4, 0.5) is 0 Å². The van der Waals surface area contributed by atoms with E-state index in [0.717, 1.165) is 12.1 Å². The molecule has 1 aliphatic rings. The molecule has 0 spiro atoms. The Morgan fingerprint density at radius 1 is 1.20 bits per heavy atom. The van der Waals surface area contributed by atoms with Crippen LogP contribution in [0.2, 0.25) is 0 Å². The van der Waals surface area contributed by atoms with Gasteiger partial charge < -0.3 is 5.73 Å². The predicted molar refractivity (Wildman–Crippen MR) is 43.9 cm³/mol. The molecular weight excluding hydrogens is 124 g/mol. The van der Waals surface area contributed by atoms with Crippen molar-refractivity contribution in [1.29, 1.82) is 0 Å². The molecule has 2 N–H and O–H groups in total. The average Bonchev–Trinajstić information content (AvgIpc) is 2.40. The first-order valence-electron chi connectivity index (χ1n) is 4.08. The second kappa shape index (κ2) is 2.51. The van der Waals surface area contributed by atoms with Crippen LogP contribution in [0.15, 0.2) is 0 Å². The van der Waals surface area contributed by atoms with Crippen LogP contribution >= 0.6 is 0 Å². The van der Waals surface area contributed by atoms with Crippen molar-refractivity contribution in [2.45, 2.75) is 51.9 Å². The van der Waals surface area contributed by atoms with Crippen LogP contribution in [-0.2, 0) is 0 Å². The zero-order valence-electron chi connectivity index (χ0n) is 7.33. The molecule has 2 heteroatoms. The van der Waals surface area contributed by atoms with Gasteiger partial charge in [0.25, 0.3) is 0 Å². The van der Waals surface area contributed by atoms with Gasteiger partial charge in [-0.05, 0) is 27.7 Å². The molecule has 1 saturated heterocycles. The fourth-order valence-corrected chi connectivity index (χ4v) is 1.55. The van der Waals surface area contributed by atoms with Crippen molar-refractivity contribution in [2.24, 2.45) is 5.73 Å². The molecule has 0 aromatic rings. The molecule has 0 radical (unpaired) electrons. The van der Waals surface area contributed by atoms with Crippen LogP contribution in [0.1, 0.15) is 27.7 Å². The van der Waals surface area contributed by atoms with Crippen molar-refractivity contribution in [2.75, 3.05) is 0 Å². The van der Waals surface area contributed by atoms with Gasteiger partial charge in [0, 0.05) is 24.2 Å². The van der Waals surface area contributed by atoms with Gasteiger partial charge in [-0.1, -0.05) is 0 Å². The topological polar surface area (TPSA) is 29.0 Å². The van der Waals surface area contributed by atoms with E-state index in [-0.39, 0.29) is 0 Å². The lowest BCUT2D eigenvalue weighted by Crippen LogP contribution is -2.36. The van der Waals surface area contributed by atoms with Gasteiger partial charge in [0.2, 0.25) is 0 Å².